The van der Waals surface area contributed by atoms with E-state index in [9.17, 15) is 9.18 Å². The SMILES string of the molecule is COCCNCC(=O)N(Cc1cccc(F)c1)C1CC1. The predicted molar refractivity (Wildman–Crippen MR) is 74.7 cm³/mol. The molecule has 1 aliphatic carbocycles. The Morgan fingerprint density at radius 2 is 2.30 bits per heavy atom. The van der Waals surface area contributed by atoms with E-state index in [2.05, 4.69) is 5.32 Å². The van der Waals surface area contributed by atoms with Gasteiger partial charge in [-0.25, -0.2) is 4.39 Å². The molecule has 1 aromatic carbocycles. The van der Waals surface area contributed by atoms with Gasteiger partial charge in [0.25, 0.3) is 0 Å². The zero-order chi connectivity index (χ0) is 14.4. The van der Waals surface area contributed by atoms with Gasteiger partial charge in [-0.1, -0.05) is 12.1 Å². The van der Waals surface area contributed by atoms with Crippen LogP contribution in [0.25, 0.3) is 0 Å². The van der Waals surface area contributed by atoms with Gasteiger partial charge in [-0.2, -0.15) is 0 Å². The number of ether oxygens (including phenoxy) is 1. The van der Waals surface area contributed by atoms with Crippen LogP contribution in [-0.4, -0.2) is 43.7 Å². The summed E-state index contributed by atoms with van der Waals surface area (Å²) >= 11 is 0. The second kappa shape index (κ2) is 7.36. The van der Waals surface area contributed by atoms with Gasteiger partial charge in [0.15, 0.2) is 0 Å². The van der Waals surface area contributed by atoms with Gasteiger partial charge in [0.05, 0.1) is 13.2 Å². The Morgan fingerprint density at radius 3 is 2.95 bits per heavy atom. The molecule has 1 amide bonds. The molecule has 1 aromatic rings. The minimum absolute atomic E-state index is 0.0628. The van der Waals surface area contributed by atoms with Crippen LogP contribution in [0, 0.1) is 5.82 Å². The Kier molecular flexibility index (Phi) is 5.49. The maximum atomic E-state index is 13.2. The molecule has 0 heterocycles. The zero-order valence-corrected chi connectivity index (χ0v) is 11.8. The number of amides is 1. The number of nitrogens with one attached hydrogen (secondary N) is 1. The van der Waals surface area contributed by atoms with Crippen LogP contribution in [0.5, 0.6) is 0 Å². The fourth-order valence-corrected chi connectivity index (χ4v) is 2.11. The van der Waals surface area contributed by atoms with Crippen molar-refractivity contribution in [3.05, 3.63) is 35.6 Å². The highest BCUT2D eigenvalue weighted by Gasteiger charge is 2.32. The second-order valence-corrected chi connectivity index (χ2v) is 5.05. The molecule has 2 rings (SSSR count). The van der Waals surface area contributed by atoms with Crippen LogP contribution in [0.4, 0.5) is 4.39 Å². The Balaban J connectivity index is 1.88. The second-order valence-electron chi connectivity index (χ2n) is 5.05. The monoisotopic (exact) mass is 280 g/mol. The molecule has 20 heavy (non-hydrogen) atoms. The molecule has 0 aliphatic heterocycles. The molecule has 4 nitrogen and oxygen atoms in total. The summed E-state index contributed by atoms with van der Waals surface area (Å²) < 4.78 is 18.1. The Labute approximate surface area is 118 Å². The number of hydrogen-bond donors (Lipinski definition) is 1. The maximum Gasteiger partial charge on any atom is 0.237 e. The third-order valence-electron chi connectivity index (χ3n) is 3.31. The summed E-state index contributed by atoms with van der Waals surface area (Å²) in [6.07, 6.45) is 2.08. The first kappa shape index (κ1) is 14.9. The molecule has 1 fully saturated rings. The van der Waals surface area contributed by atoms with E-state index in [-0.39, 0.29) is 11.7 Å². The van der Waals surface area contributed by atoms with Crippen molar-refractivity contribution in [2.75, 3.05) is 26.8 Å². The molecule has 1 saturated carbocycles. The van der Waals surface area contributed by atoms with Crippen LogP contribution < -0.4 is 5.32 Å². The molecule has 110 valence electrons. The van der Waals surface area contributed by atoms with Crippen LogP contribution in [0.1, 0.15) is 18.4 Å². The van der Waals surface area contributed by atoms with E-state index in [1.807, 2.05) is 11.0 Å². The molecule has 0 bridgehead atoms. The van der Waals surface area contributed by atoms with Gasteiger partial charge < -0.3 is 15.0 Å². The topological polar surface area (TPSA) is 41.6 Å². The van der Waals surface area contributed by atoms with E-state index >= 15 is 0 Å². The zero-order valence-electron chi connectivity index (χ0n) is 11.8. The van der Waals surface area contributed by atoms with E-state index in [0.717, 1.165) is 18.4 Å². The number of methoxy groups -OCH3 is 1. The summed E-state index contributed by atoms with van der Waals surface area (Å²) in [7, 11) is 1.63. The van der Waals surface area contributed by atoms with Crippen LogP contribution in [0.15, 0.2) is 24.3 Å². The predicted octanol–water partition coefficient (Wildman–Crippen LogP) is 1.55. The average molecular weight is 280 g/mol. The molecule has 1 N–H and O–H groups in total. The molecule has 0 radical (unpaired) electrons. The summed E-state index contributed by atoms with van der Waals surface area (Å²) in [6.45, 7) is 2.02. The third kappa shape index (κ3) is 4.58. The average Bonchev–Trinajstić information content (AvgIpc) is 3.25. The quantitative estimate of drug-likeness (QED) is 0.735. The normalized spacial score (nSPS) is 14.3. The number of rotatable bonds is 8. The largest absolute Gasteiger partial charge is 0.383 e. The molecule has 0 unspecified atom stereocenters. The Morgan fingerprint density at radius 1 is 1.50 bits per heavy atom. The summed E-state index contributed by atoms with van der Waals surface area (Å²) in [5.41, 5.74) is 0.835. The molecule has 5 heteroatoms. The first-order valence-electron chi connectivity index (χ1n) is 6.94. The highest BCUT2D eigenvalue weighted by atomic mass is 19.1. The summed E-state index contributed by atoms with van der Waals surface area (Å²) in [5.74, 6) is -0.197. The van der Waals surface area contributed by atoms with Gasteiger partial charge >= 0.3 is 0 Å². The first-order valence-corrected chi connectivity index (χ1v) is 6.94. The molecule has 1 aliphatic rings. The fourth-order valence-electron chi connectivity index (χ4n) is 2.11. The van der Waals surface area contributed by atoms with Crippen LogP contribution in [0.2, 0.25) is 0 Å². The lowest BCUT2D eigenvalue weighted by Crippen LogP contribution is -2.40. The van der Waals surface area contributed by atoms with Crippen LogP contribution in [-0.2, 0) is 16.1 Å². The molecular weight excluding hydrogens is 259 g/mol. The highest BCUT2D eigenvalue weighted by molar-refractivity contribution is 5.79. The number of hydrogen-bond acceptors (Lipinski definition) is 3. The van der Waals surface area contributed by atoms with E-state index in [1.54, 1.807) is 13.2 Å². The van der Waals surface area contributed by atoms with Crippen molar-refractivity contribution >= 4 is 5.91 Å². The molecule has 0 aromatic heterocycles. The number of halogens is 1. The molecule has 0 spiro atoms. The van der Waals surface area contributed by atoms with Gasteiger partial charge in [-0.3, -0.25) is 4.79 Å². The lowest BCUT2D eigenvalue weighted by atomic mass is 10.2. The van der Waals surface area contributed by atoms with Crippen molar-refractivity contribution in [1.29, 1.82) is 0 Å². The van der Waals surface area contributed by atoms with Gasteiger partial charge in [-0.15, -0.1) is 0 Å². The fraction of sp³-hybridized carbons (Fsp3) is 0.533. The number of nitrogens with zero attached hydrogens (tertiary/aromatic N) is 1. The van der Waals surface area contributed by atoms with Crippen molar-refractivity contribution in [2.45, 2.75) is 25.4 Å². The third-order valence-corrected chi connectivity index (χ3v) is 3.31. The number of carbonyl (C=O) groups is 1. The van der Waals surface area contributed by atoms with Crippen molar-refractivity contribution in [3.8, 4) is 0 Å². The van der Waals surface area contributed by atoms with Crippen molar-refractivity contribution < 1.29 is 13.9 Å². The van der Waals surface area contributed by atoms with Crippen molar-refractivity contribution in [3.63, 3.8) is 0 Å². The smallest absolute Gasteiger partial charge is 0.237 e. The standard InChI is InChI=1S/C15H21FN2O2/c1-20-8-7-17-10-15(19)18(14-5-6-14)11-12-3-2-4-13(16)9-12/h2-4,9,14,17H,5-8,10-11H2,1H3. The van der Waals surface area contributed by atoms with Gasteiger partial charge in [0.1, 0.15) is 5.82 Å². The van der Waals surface area contributed by atoms with Crippen molar-refractivity contribution in [2.24, 2.45) is 0 Å². The minimum Gasteiger partial charge on any atom is -0.383 e. The summed E-state index contributed by atoms with van der Waals surface area (Å²) in [5, 5.41) is 3.06. The van der Waals surface area contributed by atoms with E-state index < -0.39 is 0 Å². The maximum absolute atomic E-state index is 13.2. The van der Waals surface area contributed by atoms with Gasteiger partial charge in [-0.05, 0) is 30.5 Å². The number of benzene rings is 1. The first-order chi connectivity index (χ1) is 9.70. The van der Waals surface area contributed by atoms with Crippen molar-refractivity contribution in [1.82, 2.24) is 10.2 Å². The lowest BCUT2D eigenvalue weighted by Gasteiger charge is -2.23. The van der Waals surface area contributed by atoms with Gasteiger partial charge in [0, 0.05) is 26.2 Å². The van der Waals surface area contributed by atoms with E-state index in [0.29, 0.717) is 32.3 Å². The summed E-state index contributed by atoms with van der Waals surface area (Å²) in [4.78, 5) is 14.0. The molecule has 0 atom stereocenters. The van der Waals surface area contributed by atoms with Crippen LogP contribution in [0.3, 0.4) is 0 Å². The highest BCUT2D eigenvalue weighted by Crippen LogP contribution is 2.28. The van der Waals surface area contributed by atoms with E-state index in [1.165, 1.54) is 12.1 Å². The van der Waals surface area contributed by atoms with Crippen LogP contribution >= 0.6 is 0 Å². The van der Waals surface area contributed by atoms with Gasteiger partial charge in [0.2, 0.25) is 5.91 Å². The molecular formula is C15H21FN2O2. The van der Waals surface area contributed by atoms with E-state index in [4.69, 9.17) is 4.74 Å². The Bertz CT molecular complexity index is 449. The lowest BCUT2D eigenvalue weighted by molar-refractivity contribution is -0.131. The minimum atomic E-state index is -0.260. The Hall–Kier alpha value is -1.46. The summed E-state index contributed by atoms with van der Waals surface area (Å²) in [6, 6.07) is 6.75. The molecule has 0 saturated heterocycles. The number of carbonyl (C=O) groups excluding carboxylic acids is 1.